The van der Waals surface area contributed by atoms with E-state index in [4.69, 9.17) is 0 Å². The number of rotatable bonds is 4. The van der Waals surface area contributed by atoms with Crippen molar-refractivity contribution in [3.8, 4) is 0 Å². The molecule has 0 amide bonds. The van der Waals surface area contributed by atoms with Crippen LogP contribution in [-0.2, 0) is 6.42 Å². The summed E-state index contributed by atoms with van der Waals surface area (Å²) >= 11 is 0. The molecule has 2 rings (SSSR count). The molecule has 1 aromatic carbocycles. The molecule has 0 spiro atoms. The van der Waals surface area contributed by atoms with Crippen molar-refractivity contribution in [3.63, 3.8) is 0 Å². The van der Waals surface area contributed by atoms with E-state index in [0.717, 1.165) is 32.4 Å². The molecule has 0 aromatic heterocycles. The van der Waals surface area contributed by atoms with Crippen LogP contribution in [0.4, 0.5) is 0 Å². The Kier molecular flexibility index (Phi) is 4.37. The molecule has 2 atom stereocenters. The zero-order chi connectivity index (χ0) is 11.2. The number of aryl methyl sites for hydroxylation is 1. The normalized spacial score (nSPS) is 25.6. The molecule has 0 unspecified atom stereocenters. The monoisotopic (exact) mass is 219 g/mol. The fourth-order valence-electron chi connectivity index (χ4n) is 2.45. The van der Waals surface area contributed by atoms with Gasteiger partial charge in [-0.05, 0) is 43.7 Å². The molecule has 0 aliphatic carbocycles. The van der Waals surface area contributed by atoms with Gasteiger partial charge >= 0.3 is 0 Å². The Morgan fingerprint density at radius 1 is 1.25 bits per heavy atom. The van der Waals surface area contributed by atoms with Crippen LogP contribution in [0.15, 0.2) is 30.3 Å². The van der Waals surface area contributed by atoms with Gasteiger partial charge in [0.15, 0.2) is 0 Å². The maximum absolute atomic E-state index is 9.80. The number of nitrogens with one attached hydrogen (secondary N) is 1. The Morgan fingerprint density at radius 3 is 2.81 bits per heavy atom. The highest BCUT2D eigenvalue weighted by atomic mass is 16.3. The van der Waals surface area contributed by atoms with E-state index < -0.39 is 0 Å². The summed E-state index contributed by atoms with van der Waals surface area (Å²) in [6.07, 6.45) is 4.46. The molecule has 1 aromatic rings. The number of piperidine rings is 1. The number of benzene rings is 1. The van der Waals surface area contributed by atoms with Crippen LogP contribution in [0.1, 0.15) is 24.8 Å². The van der Waals surface area contributed by atoms with Gasteiger partial charge in [-0.25, -0.2) is 0 Å². The van der Waals surface area contributed by atoms with Gasteiger partial charge < -0.3 is 10.4 Å². The Morgan fingerprint density at radius 2 is 2.06 bits per heavy atom. The highest BCUT2D eigenvalue weighted by molar-refractivity contribution is 5.14. The molecule has 1 fully saturated rings. The van der Waals surface area contributed by atoms with E-state index in [1.54, 1.807) is 0 Å². The van der Waals surface area contributed by atoms with Crippen LogP contribution in [-0.4, -0.2) is 24.3 Å². The first-order valence-electron chi connectivity index (χ1n) is 6.29. The van der Waals surface area contributed by atoms with E-state index in [1.165, 1.54) is 12.0 Å². The summed E-state index contributed by atoms with van der Waals surface area (Å²) < 4.78 is 0. The third kappa shape index (κ3) is 3.32. The average Bonchev–Trinajstić information content (AvgIpc) is 2.33. The lowest BCUT2D eigenvalue weighted by atomic mass is 9.89. The van der Waals surface area contributed by atoms with Gasteiger partial charge in [-0.2, -0.15) is 0 Å². The minimum Gasteiger partial charge on any atom is -0.392 e. The van der Waals surface area contributed by atoms with E-state index in [2.05, 4.69) is 35.6 Å². The van der Waals surface area contributed by atoms with Crippen LogP contribution in [0.2, 0.25) is 0 Å². The zero-order valence-corrected chi connectivity index (χ0v) is 9.73. The van der Waals surface area contributed by atoms with E-state index in [9.17, 15) is 5.11 Å². The molecule has 0 saturated carbocycles. The van der Waals surface area contributed by atoms with Crippen LogP contribution in [0.5, 0.6) is 0 Å². The van der Waals surface area contributed by atoms with Crippen LogP contribution >= 0.6 is 0 Å². The van der Waals surface area contributed by atoms with Crippen LogP contribution in [0, 0.1) is 5.92 Å². The van der Waals surface area contributed by atoms with E-state index in [1.807, 2.05) is 0 Å². The van der Waals surface area contributed by atoms with Crippen molar-refractivity contribution in [2.24, 2.45) is 5.92 Å². The quantitative estimate of drug-likeness (QED) is 0.811. The van der Waals surface area contributed by atoms with Gasteiger partial charge in [0.1, 0.15) is 0 Å². The average molecular weight is 219 g/mol. The molecular weight excluding hydrogens is 198 g/mol. The van der Waals surface area contributed by atoms with E-state index in [0.29, 0.717) is 5.92 Å². The highest BCUT2D eigenvalue weighted by Crippen LogP contribution is 2.19. The third-order valence-corrected chi connectivity index (χ3v) is 3.47. The highest BCUT2D eigenvalue weighted by Gasteiger charge is 2.21. The maximum atomic E-state index is 9.80. The standard InChI is InChI=1S/C14H21NO/c16-14-11-15-10-9-13(14)8-4-7-12-5-2-1-3-6-12/h1-3,5-6,13-16H,4,7-11H2/t13-,14+/m1/s1. The van der Waals surface area contributed by atoms with Gasteiger partial charge in [0, 0.05) is 6.54 Å². The predicted molar refractivity (Wildman–Crippen MR) is 66.4 cm³/mol. The SMILES string of the molecule is O[C@H]1CNCC[C@H]1CCCc1ccccc1. The minimum absolute atomic E-state index is 0.135. The van der Waals surface area contributed by atoms with Crippen molar-refractivity contribution < 1.29 is 5.11 Å². The zero-order valence-electron chi connectivity index (χ0n) is 9.73. The van der Waals surface area contributed by atoms with Crippen molar-refractivity contribution in [1.29, 1.82) is 0 Å². The van der Waals surface area contributed by atoms with Crippen LogP contribution in [0.3, 0.4) is 0 Å². The molecule has 1 saturated heterocycles. The Balaban J connectivity index is 1.71. The summed E-state index contributed by atoms with van der Waals surface area (Å²) in [7, 11) is 0. The predicted octanol–water partition coefficient (Wildman–Crippen LogP) is 1.98. The number of aliphatic hydroxyl groups is 1. The van der Waals surface area contributed by atoms with Gasteiger partial charge in [0.25, 0.3) is 0 Å². The summed E-state index contributed by atoms with van der Waals surface area (Å²) in [6, 6.07) is 10.6. The van der Waals surface area contributed by atoms with Crippen molar-refractivity contribution in [2.75, 3.05) is 13.1 Å². The Labute approximate surface area is 97.7 Å². The Bertz CT molecular complexity index is 299. The lowest BCUT2D eigenvalue weighted by Crippen LogP contribution is -2.40. The topological polar surface area (TPSA) is 32.3 Å². The number of hydrogen-bond donors (Lipinski definition) is 2. The molecule has 1 aliphatic rings. The Hall–Kier alpha value is -0.860. The van der Waals surface area contributed by atoms with E-state index >= 15 is 0 Å². The smallest absolute Gasteiger partial charge is 0.0693 e. The molecule has 1 heterocycles. The van der Waals surface area contributed by atoms with Crippen molar-refractivity contribution in [1.82, 2.24) is 5.32 Å². The second-order valence-electron chi connectivity index (χ2n) is 4.70. The molecule has 0 bridgehead atoms. The fourth-order valence-corrected chi connectivity index (χ4v) is 2.45. The summed E-state index contributed by atoms with van der Waals surface area (Å²) in [6.45, 7) is 1.84. The first-order valence-corrected chi connectivity index (χ1v) is 6.29. The van der Waals surface area contributed by atoms with Gasteiger partial charge in [0.05, 0.1) is 6.10 Å². The van der Waals surface area contributed by atoms with Crippen LogP contribution < -0.4 is 5.32 Å². The van der Waals surface area contributed by atoms with Gasteiger partial charge in [-0.3, -0.25) is 0 Å². The van der Waals surface area contributed by atoms with Gasteiger partial charge in [-0.15, -0.1) is 0 Å². The second-order valence-corrected chi connectivity index (χ2v) is 4.70. The first-order chi connectivity index (χ1) is 7.86. The summed E-state index contributed by atoms with van der Waals surface area (Å²) in [4.78, 5) is 0. The second kappa shape index (κ2) is 6.02. The van der Waals surface area contributed by atoms with E-state index in [-0.39, 0.29) is 6.10 Å². The summed E-state index contributed by atoms with van der Waals surface area (Å²) in [5, 5.41) is 13.0. The summed E-state index contributed by atoms with van der Waals surface area (Å²) in [5.74, 6) is 0.505. The van der Waals surface area contributed by atoms with Crippen LogP contribution in [0.25, 0.3) is 0 Å². The fraction of sp³-hybridized carbons (Fsp3) is 0.571. The molecule has 2 nitrogen and oxygen atoms in total. The maximum Gasteiger partial charge on any atom is 0.0693 e. The molecule has 2 N–H and O–H groups in total. The first kappa shape index (κ1) is 11.6. The van der Waals surface area contributed by atoms with Crippen molar-refractivity contribution >= 4 is 0 Å². The number of hydrogen-bond acceptors (Lipinski definition) is 2. The largest absolute Gasteiger partial charge is 0.392 e. The molecule has 88 valence electrons. The minimum atomic E-state index is -0.135. The lowest BCUT2D eigenvalue weighted by Gasteiger charge is -2.28. The summed E-state index contributed by atoms with van der Waals surface area (Å²) in [5.41, 5.74) is 1.41. The van der Waals surface area contributed by atoms with Gasteiger partial charge in [-0.1, -0.05) is 30.3 Å². The molecule has 0 radical (unpaired) electrons. The molecule has 1 aliphatic heterocycles. The molecular formula is C14H21NO. The lowest BCUT2D eigenvalue weighted by molar-refractivity contribution is 0.0761. The van der Waals surface area contributed by atoms with Crippen molar-refractivity contribution in [2.45, 2.75) is 31.8 Å². The van der Waals surface area contributed by atoms with Crippen molar-refractivity contribution in [3.05, 3.63) is 35.9 Å². The molecule has 2 heteroatoms. The number of aliphatic hydroxyl groups excluding tert-OH is 1. The van der Waals surface area contributed by atoms with Gasteiger partial charge in [0.2, 0.25) is 0 Å². The number of β-amino-alcohol motifs (C(OH)–C–C–N with tert-alkyl or cyclic N) is 1. The third-order valence-electron chi connectivity index (χ3n) is 3.47. The molecule has 16 heavy (non-hydrogen) atoms.